The largest absolute Gasteiger partial charge is 0.356 e. The second-order valence-corrected chi connectivity index (χ2v) is 7.51. The van der Waals surface area contributed by atoms with E-state index in [9.17, 15) is 4.39 Å². The first-order valence-electron chi connectivity index (χ1n) is 10.1. The quantitative estimate of drug-likeness (QED) is 0.348. The molecular weight excluding hydrogens is 478 g/mol. The van der Waals surface area contributed by atoms with E-state index in [1.165, 1.54) is 11.6 Å². The molecule has 158 valence electrons. The van der Waals surface area contributed by atoms with Crippen molar-refractivity contribution in [1.82, 2.24) is 15.5 Å². The summed E-state index contributed by atoms with van der Waals surface area (Å²) in [6, 6.07) is 18.5. The summed E-state index contributed by atoms with van der Waals surface area (Å²) in [5.41, 5.74) is 2.10. The molecule has 0 spiro atoms. The Hall–Kier alpha value is -1.67. The van der Waals surface area contributed by atoms with Gasteiger partial charge in [-0.15, -0.1) is 24.0 Å². The maximum atomic E-state index is 13.7. The Bertz CT molecular complexity index is 768. The predicted molar refractivity (Wildman–Crippen MR) is 129 cm³/mol. The van der Waals surface area contributed by atoms with Gasteiger partial charge in [0.25, 0.3) is 0 Å². The van der Waals surface area contributed by atoms with Crippen LogP contribution in [0.4, 0.5) is 4.39 Å². The minimum atomic E-state index is -0.146. The summed E-state index contributed by atoms with van der Waals surface area (Å²) in [7, 11) is 1.78. The SMILES string of the molecule is CN=C(NCCc1ccccc1F)NC1CCN(Cc2ccccc2)C(C)C1.I. The molecule has 2 N–H and O–H groups in total. The van der Waals surface area contributed by atoms with E-state index in [2.05, 4.69) is 57.8 Å². The van der Waals surface area contributed by atoms with Gasteiger partial charge in [-0.2, -0.15) is 0 Å². The Labute approximate surface area is 191 Å². The maximum absolute atomic E-state index is 13.7. The molecule has 1 fully saturated rings. The molecule has 3 rings (SSSR count). The first-order valence-corrected chi connectivity index (χ1v) is 10.1. The molecule has 0 radical (unpaired) electrons. The number of piperidine rings is 1. The molecule has 29 heavy (non-hydrogen) atoms. The molecular formula is C23H32FIN4. The highest BCUT2D eigenvalue weighted by molar-refractivity contribution is 14.0. The lowest BCUT2D eigenvalue weighted by Gasteiger charge is -2.38. The van der Waals surface area contributed by atoms with Crippen molar-refractivity contribution in [2.75, 3.05) is 20.1 Å². The van der Waals surface area contributed by atoms with E-state index < -0.39 is 0 Å². The Morgan fingerprint density at radius 3 is 2.55 bits per heavy atom. The van der Waals surface area contributed by atoms with Crippen molar-refractivity contribution in [3.05, 3.63) is 71.5 Å². The van der Waals surface area contributed by atoms with Gasteiger partial charge in [0.2, 0.25) is 0 Å². The fourth-order valence-corrected chi connectivity index (χ4v) is 3.81. The third-order valence-corrected chi connectivity index (χ3v) is 5.45. The number of nitrogens with zero attached hydrogens (tertiary/aromatic N) is 2. The molecule has 6 heteroatoms. The third kappa shape index (κ3) is 7.26. The van der Waals surface area contributed by atoms with Gasteiger partial charge in [0.05, 0.1) is 0 Å². The second-order valence-electron chi connectivity index (χ2n) is 7.51. The van der Waals surface area contributed by atoms with Crippen molar-refractivity contribution in [2.24, 2.45) is 4.99 Å². The highest BCUT2D eigenvalue weighted by Crippen LogP contribution is 2.19. The van der Waals surface area contributed by atoms with E-state index in [0.717, 1.165) is 37.5 Å². The summed E-state index contributed by atoms with van der Waals surface area (Å²) in [4.78, 5) is 6.88. The molecule has 4 nitrogen and oxygen atoms in total. The number of halogens is 2. The molecule has 1 aliphatic rings. The normalized spacial score (nSPS) is 20.0. The van der Waals surface area contributed by atoms with Gasteiger partial charge in [-0.1, -0.05) is 48.5 Å². The first-order chi connectivity index (χ1) is 13.7. The molecule has 1 heterocycles. The number of rotatable bonds is 6. The smallest absolute Gasteiger partial charge is 0.191 e. The molecule has 0 saturated carbocycles. The monoisotopic (exact) mass is 510 g/mol. The lowest BCUT2D eigenvalue weighted by Crippen LogP contribution is -2.51. The number of hydrogen-bond donors (Lipinski definition) is 2. The molecule has 2 aromatic rings. The summed E-state index contributed by atoms with van der Waals surface area (Å²) in [5.74, 6) is 0.650. The summed E-state index contributed by atoms with van der Waals surface area (Å²) < 4.78 is 13.7. The number of guanidine groups is 1. The van der Waals surface area contributed by atoms with Crippen molar-refractivity contribution < 1.29 is 4.39 Å². The third-order valence-electron chi connectivity index (χ3n) is 5.45. The van der Waals surface area contributed by atoms with Crippen molar-refractivity contribution >= 4 is 29.9 Å². The average molecular weight is 510 g/mol. The van der Waals surface area contributed by atoms with E-state index in [-0.39, 0.29) is 29.8 Å². The fraction of sp³-hybridized carbons (Fsp3) is 0.435. The van der Waals surface area contributed by atoms with Gasteiger partial charge in [-0.05, 0) is 43.4 Å². The van der Waals surface area contributed by atoms with Gasteiger partial charge in [-0.25, -0.2) is 4.39 Å². The summed E-state index contributed by atoms with van der Waals surface area (Å²) in [5, 5.41) is 6.86. The van der Waals surface area contributed by atoms with Crippen LogP contribution in [0.5, 0.6) is 0 Å². The molecule has 0 bridgehead atoms. The van der Waals surface area contributed by atoms with Crippen LogP contribution in [0.15, 0.2) is 59.6 Å². The number of benzene rings is 2. The molecule has 1 aliphatic heterocycles. The topological polar surface area (TPSA) is 39.7 Å². The zero-order valence-electron chi connectivity index (χ0n) is 17.3. The van der Waals surface area contributed by atoms with Crippen LogP contribution < -0.4 is 10.6 Å². The van der Waals surface area contributed by atoms with E-state index in [1.54, 1.807) is 13.1 Å². The maximum Gasteiger partial charge on any atom is 0.191 e. The molecule has 0 aromatic heterocycles. The Morgan fingerprint density at radius 2 is 1.86 bits per heavy atom. The number of likely N-dealkylation sites (tertiary alicyclic amines) is 1. The standard InChI is InChI=1S/C23H31FN4.HI/c1-18-16-21(13-15-28(18)17-19-8-4-3-5-9-19)27-23(25-2)26-14-12-20-10-6-7-11-22(20)24;/h3-11,18,21H,12-17H2,1-2H3,(H2,25,26,27);1H. The van der Waals surface area contributed by atoms with E-state index in [0.29, 0.717) is 25.0 Å². The van der Waals surface area contributed by atoms with Gasteiger partial charge in [0, 0.05) is 38.8 Å². The van der Waals surface area contributed by atoms with Crippen molar-refractivity contribution in [3.63, 3.8) is 0 Å². The van der Waals surface area contributed by atoms with Crippen LogP contribution in [-0.4, -0.2) is 43.1 Å². The van der Waals surface area contributed by atoms with Crippen LogP contribution in [-0.2, 0) is 13.0 Å². The Kier molecular flexibility index (Phi) is 9.87. The van der Waals surface area contributed by atoms with Gasteiger partial charge in [-0.3, -0.25) is 9.89 Å². The number of nitrogens with one attached hydrogen (secondary N) is 2. The summed E-state index contributed by atoms with van der Waals surface area (Å²) in [6.07, 6.45) is 2.81. The predicted octanol–water partition coefficient (Wildman–Crippen LogP) is 4.20. The minimum absolute atomic E-state index is 0. The molecule has 2 atom stereocenters. The van der Waals surface area contributed by atoms with Crippen LogP contribution >= 0.6 is 24.0 Å². The average Bonchev–Trinajstić information content (AvgIpc) is 2.71. The van der Waals surface area contributed by atoms with Gasteiger partial charge >= 0.3 is 0 Å². The van der Waals surface area contributed by atoms with Crippen LogP contribution in [0.3, 0.4) is 0 Å². The van der Waals surface area contributed by atoms with E-state index >= 15 is 0 Å². The second kappa shape index (κ2) is 12.1. The fourth-order valence-electron chi connectivity index (χ4n) is 3.81. The molecule has 2 aromatic carbocycles. The van der Waals surface area contributed by atoms with Gasteiger partial charge in [0.15, 0.2) is 5.96 Å². The van der Waals surface area contributed by atoms with E-state index in [4.69, 9.17) is 0 Å². The van der Waals surface area contributed by atoms with E-state index in [1.807, 2.05) is 12.1 Å². The first kappa shape index (κ1) is 23.6. The zero-order chi connectivity index (χ0) is 19.8. The zero-order valence-corrected chi connectivity index (χ0v) is 19.6. The van der Waals surface area contributed by atoms with Gasteiger partial charge in [0.1, 0.15) is 5.82 Å². The number of hydrogen-bond acceptors (Lipinski definition) is 2. The Morgan fingerprint density at radius 1 is 1.14 bits per heavy atom. The van der Waals surface area contributed by atoms with Crippen molar-refractivity contribution in [1.29, 1.82) is 0 Å². The highest BCUT2D eigenvalue weighted by atomic mass is 127. The van der Waals surface area contributed by atoms with Crippen LogP contribution in [0.2, 0.25) is 0 Å². The van der Waals surface area contributed by atoms with Crippen LogP contribution in [0, 0.1) is 5.82 Å². The lowest BCUT2D eigenvalue weighted by molar-refractivity contribution is 0.134. The van der Waals surface area contributed by atoms with Crippen LogP contribution in [0.1, 0.15) is 30.9 Å². The van der Waals surface area contributed by atoms with Crippen molar-refractivity contribution in [2.45, 2.75) is 44.8 Å². The molecule has 0 aliphatic carbocycles. The summed E-state index contributed by atoms with van der Waals surface area (Å²) >= 11 is 0. The minimum Gasteiger partial charge on any atom is -0.356 e. The van der Waals surface area contributed by atoms with Crippen molar-refractivity contribution in [3.8, 4) is 0 Å². The van der Waals surface area contributed by atoms with Gasteiger partial charge < -0.3 is 10.6 Å². The molecule has 0 amide bonds. The summed E-state index contributed by atoms with van der Waals surface area (Å²) in [6.45, 7) is 5.03. The Balaban J connectivity index is 0.00000300. The lowest BCUT2D eigenvalue weighted by atomic mass is 9.97. The van der Waals surface area contributed by atoms with Crippen LogP contribution in [0.25, 0.3) is 0 Å². The highest BCUT2D eigenvalue weighted by Gasteiger charge is 2.25. The molecule has 2 unspecified atom stereocenters. The number of aliphatic imine (C=N–C) groups is 1. The molecule has 1 saturated heterocycles.